The first-order valence-corrected chi connectivity index (χ1v) is 10.2. The minimum absolute atomic E-state index is 0.690. The molecule has 0 N–H and O–H groups in total. The van der Waals surface area contributed by atoms with Crippen molar-refractivity contribution in [2.24, 2.45) is 11.8 Å². The van der Waals surface area contributed by atoms with Crippen LogP contribution in [0.3, 0.4) is 0 Å². The number of pyridine rings is 1. The standard InChI is InChI=1S/C24H30N2/c1-2-3-5-19-6-4-7-20(16-19)8-9-22-12-15-24(26-18-22)23-13-10-21(17-25)11-14-23/h10-15,18-20H,2-9,16H2,1H3. The lowest BCUT2D eigenvalue weighted by Crippen LogP contribution is -2.16. The van der Waals surface area contributed by atoms with Gasteiger partial charge in [0.2, 0.25) is 0 Å². The van der Waals surface area contributed by atoms with E-state index in [2.05, 4.69) is 30.1 Å². The molecule has 3 rings (SSSR count). The highest BCUT2D eigenvalue weighted by Crippen LogP contribution is 2.34. The molecule has 2 unspecified atom stereocenters. The molecule has 136 valence electrons. The van der Waals surface area contributed by atoms with Crippen molar-refractivity contribution in [2.45, 2.75) is 64.7 Å². The lowest BCUT2D eigenvalue weighted by molar-refractivity contribution is 0.240. The van der Waals surface area contributed by atoms with Crippen molar-refractivity contribution >= 4 is 0 Å². The van der Waals surface area contributed by atoms with Crippen LogP contribution >= 0.6 is 0 Å². The van der Waals surface area contributed by atoms with E-state index in [0.29, 0.717) is 5.56 Å². The summed E-state index contributed by atoms with van der Waals surface area (Å²) in [6.07, 6.45) is 14.4. The number of nitrogens with zero attached hydrogens (tertiary/aromatic N) is 2. The summed E-state index contributed by atoms with van der Waals surface area (Å²) in [6, 6.07) is 14.1. The average molecular weight is 347 g/mol. The minimum Gasteiger partial charge on any atom is -0.256 e. The zero-order chi connectivity index (χ0) is 18.2. The van der Waals surface area contributed by atoms with Crippen molar-refractivity contribution in [1.82, 2.24) is 4.98 Å². The molecule has 0 amide bonds. The summed E-state index contributed by atoms with van der Waals surface area (Å²) < 4.78 is 0. The van der Waals surface area contributed by atoms with E-state index in [-0.39, 0.29) is 0 Å². The topological polar surface area (TPSA) is 36.7 Å². The molecule has 2 aromatic rings. The van der Waals surface area contributed by atoms with E-state index >= 15 is 0 Å². The smallest absolute Gasteiger partial charge is 0.0991 e. The fourth-order valence-electron chi connectivity index (χ4n) is 4.25. The number of unbranched alkanes of at least 4 members (excludes halogenated alkanes) is 1. The molecule has 0 aliphatic heterocycles. The van der Waals surface area contributed by atoms with Gasteiger partial charge in [0.1, 0.15) is 0 Å². The van der Waals surface area contributed by atoms with Gasteiger partial charge in [0.15, 0.2) is 0 Å². The first-order valence-electron chi connectivity index (χ1n) is 10.2. The van der Waals surface area contributed by atoms with E-state index in [1.54, 1.807) is 0 Å². The van der Waals surface area contributed by atoms with Crippen molar-refractivity contribution in [3.05, 3.63) is 53.7 Å². The fourth-order valence-corrected chi connectivity index (χ4v) is 4.25. The summed E-state index contributed by atoms with van der Waals surface area (Å²) >= 11 is 0. The van der Waals surface area contributed by atoms with Crippen molar-refractivity contribution in [1.29, 1.82) is 5.26 Å². The first kappa shape index (κ1) is 18.6. The Morgan fingerprint density at radius 1 is 1.04 bits per heavy atom. The predicted octanol–water partition coefficient (Wildman–Crippen LogP) is 6.55. The van der Waals surface area contributed by atoms with Gasteiger partial charge in [0.05, 0.1) is 17.3 Å². The van der Waals surface area contributed by atoms with Crippen LogP contribution in [-0.2, 0) is 6.42 Å². The number of hydrogen-bond donors (Lipinski definition) is 0. The van der Waals surface area contributed by atoms with Gasteiger partial charge < -0.3 is 0 Å². The van der Waals surface area contributed by atoms with Crippen molar-refractivity contribution in [2.75, 3.05) is 0 Å². The molecule has 2 heteroatoms. The van der Waals surface area contributed by atoms with Crippen LogP contribution in [0.2, 0.25) is 0 Å². The molecule has 1 fully saturated rings. The Bertz CT molecular complexity index is 709. The molecule has 2 atom stereocenters. The Morgan fingerprint density at radius 3 is 2.46 bits per heavy atom. The monoisotopic (exact) mass is 346 g/mol. The van der Waals surface area contributed by atoms with E-state index in [1.807, 2.05) is 30.5 Å². The Kier molecular flexibility index (Phi) is 6.83. The van der Waals surface area contributed by atoms with Gasteiger partial charge in [-0.05, 0) is 54.9 Å². The highest BCUT2D eigenvalue weighted by molar-refractivity contribution is 5.60. The predicted molar refractivity (Wildman–Crippen MR) is 108 cm³/mol. The van der Waals surface area contributed by atoms with Crippen LogP contribution in [0.4, 0.5) is 0 Å². The quantitative estimate of drug-likeness (QED) is 0.570. The van der Waals surface area contributed by atoms with Gasteiger partial charge in [-0.2, -0.15) is 5.26 Å². The number of aryl methyl sites for hydroxylation is 1. The van der Waals surface area contributed by atoms with Gasteiger partial charge in [-0.15, -0.1) is 0 Å². The third-order valence-electron chi connectivity index (χ3n) is 5.83. The molecule has 0 radical (unpaired) electrons. The molecule has 1 aromatic heterocycles. The number of hydrogen-bond acceptors (Lipinski definition) is 2. The van der Waals surface area contributed by atoms with E-state index in [1.165, 1.54) is 56.9 Å². The Labute approximate surface area is 158 Å². The highest BCUT2D eigenvalue weighted by atomic mass is 14.7. The summed E-state index contributed by atoms with van der Waals surface area (Å²) in [5.41, 5.74) is 4.09. The van der Waals surface area contributed by atoms with Crippen molar-refractivity contribution < 1.29 is 0 Å². The molecule has 0 spiro atoms. The lowest BCUT2D eigenvalue weighted by atomic mass is 9.77. The van der Waals surface area contributed by atoms with Gasteiger partial charge >= 0.3 is 0 Å². The largest absolute Gasteiger partial charge is 0.256 e. The molecular weight excluding hydrogens is 316 g/mol. The maximum absolute atomic E-state index is 8.90. The van der Waals surface area contributed by atoms with Crippen molar-refractivity contribution in [3.8, 4) is 17.3 Å². The number of nitriles is 1. The highest BCUT2D eigenvalue weighted by Gasteiger charge is 2.21. The van der Waals surface area contributed by atoms with Gasteiger partial charge in [-0.25, -0.2) is 0 Å². The van der Waals surface area contributed by atoms with E-state index in [4.69, 9.17) is 5.26 Å². The summed E-state index contributed by atoms with van der Waals surface area (Å²) in [5.74, 6) is 1.88. The van der Waals surface area contributed by atoms with Crippen LogP contribution in [0.15, 0.2) is 42.6 Å². The molecule has 26 heavy (non-hydrogen) atoms. The third kappa shape index (κ3) is 5.18. The second-order valence-electron chi connectivity index (χ2n) is 7.82. The zero-order valence-electron chi connectivity index (χ0n) is 16.0. The molecule has 0 bridgehead atoms. The van der Waals surface area contributed by atoms with Gasteiger partial charge in [-0.1, -0.05) is 63.6 Å². The molecule has 1 heterocycles. The average Bonchev–Trinajstić information content (AvgIpc) is 2.71. The third-order valence-corrected chi connectivity index (χ3v) is 5.83. The maximum atomic E-state index is 8.90. The maximum Gasteiger partial charge on any atom is 0.0991 e. The number of benzene rings is 1. The second kappa shape index (κ2) is 9.53. The molecule has 2 nitrogen and oxygen atoms in total. The Hall–Kier alpha value is -2.14. The number of rotatable bonds is 7. The van der Waals surface area contributed by atoms with Crippen molar-refractivity contribution in [3.63, 3.8) is 0 Å². The van der Waals surface area contributed by atoms with Gasteiger partial charge in [0.25, 0.3) is 0 Å². The zero-order valence-corrected chi connectivity index (χ0v) is 16.0. The van der Waals surface area contributed by atoms with Crippen LogP contribution < -0.4 is 0 Å². The van der Waals surface area contributed by atoms with Crippen LogP contribution in [-0.4, -0.2) is 4.98 Å². The van der Waals surface area contributed by atoms with Crippen LogP contribution in [0.1, 0.15) is 69.4 Å². The number of aromatic nitrogens is 1. The lowest BCUT2D eigenvalue weighted by Gasteiger charge is -2.29. The van der Waals surface area contributed by atoms with E-state index in [9.17, 15) is 0 Å². The second-order valence-corrected chi connectivity index (χ2v) is 7.82. The fraction of sp³-hybridized carbons (Fsp3) is 0.500. The normalized spacial score (nSPS) is 19.8. The molecule has 1 aromatic carbocycles. The Morgan fingerprint density at radius 2 is 1.81 bits per heavy atom. The molecule has 1 saturated carbocycles. The van der Waals surface area contributed by atoms with Crippen LogP contribution in [0, 0.1) is 23.2 Å². The molecule has 1 aliphatic rings. The van der Waals surface area contributed by atoms with Gasteiger partial charge in [-0.3, -0.25) is 4.98 Å². The molecule has 1 aliphatic carbocycles. The molecular formula is C24H30N2. The SMILES string of the molecule is CCCCC1CCCC(CCc2ccc(-c3ccc(C#N)cc3)nc2)C1. The summed E-state index contributed by atoms with van der Waals surface area (Å²) in [4.78, 5) is 4.64. The minimum atomic E-state index is 0.690. The molecule has 0 saturated heterocycles. The Balaban J connectivity index is 1.52. The summed E-state index contributed by atoms with van der Waals surface area (Å²) in [7, 11) is 0. The van der Waals surface area contributed by atoms with Crippen LogP contribution in [0.5, 0.6) is 0 Å². The summed E-state index contributed by atoms with van der Waals surface area (Å²) in [6.45, 7) is 2.30. The van der Waals surface area contributed by atoms with Gasteiger partial charge in [0, 0.05) is 11.8 Å². The summed E-state index contributed by atoms with van der Waals surface area (Å²) in [5, 5.41) is 8.90. The van der Waals surface area contributed by atoms with E-state index in [0.717, 1.165) is 29.5 Å². The first-order chi connectivity index (χ1) is 12.8. The van der Waals surface area contributed by atoms with Crippen LogP contribution in [0.25, 0.3) is 11.3 Å². The van der Waals surface area contributed by atoms with E-state index < -0.39 is 0 Å².